The van der Waals surface area contributed by atoms with Gasteiger partial charge in [-0.15, -0.1) is 0 Å². The van der Waals surface area contributed by atoms with Gasteiger partial charge in [-0.3, -0.25) is 22.8 Å². The summed E-state index contributed by atoms with van der Waals surface area (Å²) in [4.78, 5) is 26.0. The molecule has 5 rings (SSSR count). The second-order valence-corrected chi connectivity index (χ2v) is 22.1. The fourth-order valence-electron chi connectivity index (χ4n) is 7.99. The third-order valence-electron chi connectivity index (χ3n) is 11.5. The summed E-state index contributed by atoms with van der Waals surface area (Å²) in [5.74, 6) is -4.56. The number of aliphatic hydroxyl groups is 8. The first-order valence-corrected chi connectivity index (χ1v) is 28.0. The molecule has 5 fully saturated rings. The third-order valence-corrected chi connectivity index (χ3v) is 13.7. The molecule has 48 heteroatoms. The van der Waals surface area contributed by atoms with E-state index in [1.807, 2.05) is 0 Å². The molecule has 0 spiro atoms. The molecular weight excluding hydrogens is 1200 g/mol. The quantitative estimate of drug-likeness (QED) is 0.0448. The lowest BCUT2D eigenvalue weighted by atomic mass is 9.94. The largest absolute Gasteiger partial charge is 0.479 e. The maximum Gasteiger partial charge on any atom is 0.449 e. The van der Waals surface area contributed by atoms with Crippen LogP contribution in [0.25, 0.3) is 0 Å². The van der Waals surface area contributed by atoms with E-state index in [0.717, 1.165) is 0 Å². The summed E-state index contributed by atoms with van der Waals surface area (Å²) in [5, 5.41) is 95.7. The molecule has 20 N–H and O–H groups in total. The zero-order valence-corrected chi connectivity index (χ0v) is 42.3. The van der Waals surface area contributed by atoms with Crippen molar-refractivity contribution in [2.75, 3.05) is 19.8 Å². The number of hydrogen-bond donors (Lipinski definition) is 17. The minimum atomic E-state index is -6.00. The summed E-state index contributed by atoms with van der Waals surface area (Å²) in [6.07, 6.45) is -55.6. The number of nitrogens with two attached hydrogens (primary N) is 3. The van der Waals surface area contributed by atoms with Gasteiger partial charge in [0.25, 0.3) is 0 Å². The molecule has 0 radical (unpaired) electrons. The van der Waals surface area contributed by atoms with Gasteiger partial charge >= 0.3 is 63.9 Å². The zero-order valence-electron chi connectivity index (χ0n) is 38.2. The lowest BCUT2D eigenvalue weighted by Crippen LogP contribution is -2.70. The monoisotopic (exact) mass is 1250 g/mol. The predicted molar refractivity (Wildman–Crippen MR) is 225 cm³/mol. The third kappa shape index (κ3) is 17.1. The van der Waals surface area contributed by atoms with Gasteiger partial charge in [-0.25, -0.2) is 26.3 Å². The standard InChI is InChI=1S/C30H51N3O40S5/c31-7-12(37)16(4(1-34)62-25(7)43)65-30-21(72-77(54,55)56)15(40)20(23(70-30)26(44)73-78(57,58)59)68-28-9(33)18(71-76(51,52)53)17(6(64-28)3-61-75(48,49)50)66-29-14(39)13(38)19(22(69-29)24(41)42)67-27-8(32)11(36)10(35)5(63-27)2-60-74(45,46)47/h4-23,25,27-30,34-40,43H,1-3,31-33H2,(H,41,42)(H,45,46,47)(H,48,49,50)(H,51,52,53)(H,54,55,56)(H,57,58,59)/t4-,5-,6-,7-,8-,9-,10-,11-,12-,13-,14-,15+,16-,17-,18-,19+,20+,21-,22+,23-,25+,27-,28-,29-,30-/m1/s1. The average Bonchev–Trinajstić information content (AvgIpc) is 3.29. The Morgan fingerprint density at radius 3 is 1.41 bits per heavy atom. The van der Waals surface area contributed by atoms with Gasteiger partial charge in [0.1, 0.15) is 85.5 Å². The van der Waals surface area contributed by atoms with Gasteiger partial charge in [-0.1, -0.05) is 0 Å². The number of carboxylic acids is 1. The molecule has 0 saturated carbocycles. The van der Waals surface area contributed by atoms with E-state index in [1.54, 1.807) is 0 Å². The molecular formula is C30H51N3O40S5. The van der Waals surface area contributed by atoms with Crippen LogP contribution in [-0.4, -0.2) is 296 Å². The number of carbonyl (C=O) groups excluding carboxylic acids is 1. The maximum absolute atomic E-state index is 13.4. The van der Waals surface area contributed by atoms with E-state index in [4.69, 9.17) is 64.4 Å². The lowest BCUT2D eigenvalue weighted by molar-refractivity contribution is -0.371. The van der Waals surface area contributed by atoms with Crippen molar-refractivity contribution in [2.24, 2.45) is 17.2 Å². The van der Waals surface area contributed by atoms with Crippen LogP contribution in [0.15, 0.2) is 0 Å². The van der Waals surface area contributed by atoms with Gasteiger partial charge in [0.2, 0.25) is 0 Å². The normalized spacial score (nSPS) is 42.4. The van der Waals surface area contributed by atoms with E-state index in [-0.39, 0.29) is 0 Å². The van der Waals surface area contributed by atoms with Crippen molar-refractivity contribution >= 4 is 63.9 Å². The number of aliphatic hydroxyl groups excluding tert-OH is 8. The molecule has 0 amide bonds. The minimum absolute atomic E-state index is 1.19. The summed E-state index contributed by atoms with van der Waals surface area (Å²) in [6.45, 7) is -4.19. The van der Waals surface area contributed by atoms with Crippen LogP contribution < -0.4 is 17.2 Å². The van der Waals surface area contributed by atoms with Crippen molar-refractivity contribution in [1.82, 2.24) is 0 Å². The number of rotatable bonds is 22. The molecule has 78 heavy (non-hydrogen) atoms. The van der Waals surface area contributed by atoms with E-state index in [0.29, 0.717) is 0 Å². The van der Waals surface area contributed by atoms with Crippen molar-refractivity contribution in [3.05, 3.63) is 0 Å². The Labute approximate surface area is 437 Å². The topological polar surface area (TPSA) is 695 Å². The first kappa shape index (κ1) is 66.3. The summed E-state index contributed by atoms with van der Waals surface area (Å²) in [5.41, 5.74) is 17.7. The van der Waals surface area contributed by atoms with Gasteiger partial charge in [-0.2, -0.15) is 42.1 Å². The van der Waals surface area contributed by atoms with Crippen LogP contribution in [0.2, 0.25) is 0 Å². The molecule has 0 aromatic carbocycles. The summed E-state index contributed by atoms with van der Waals surface area (Å²) in [7, 11) is -28.8. The van der Waals surface area contributed by atoms with E-state index in [1.165, 1.54) is 0 Å². The SMILES string of the molecule is N[C@@H]1[C@@H](O)[C@H](O[C@@H]2O[C@@H](C(=O)OS(=O)(=O)O)[C@@H](O[C@H]3O[C@H](COS(=O)(=O)O)[C@@H](O[C@@H]4O[C@H](C(=O)O)[C@@H](O[C@H]5O[C@H](COS(=O)(=O)O)[C@@H](O)[C@H](O)[C@H]5N)[C@H](O)[C@H]4O)[C@H](OS(=O)(=O)O)[C@H]3N)[C@H](O)[C@H]2OS(=O)(=O)O)[C@@H](CO)O[C@@H]1O. The van der Waals surface area contributed by atoms with Gasteiger partial charge in [0, 0.05) is 0 Å². The Bertz CT molecular complexity index is 2650. The Morgan fingerprint density at radius 1 is 0.423 bits per heavy atom. The molecule has 0 unspecified atom stereocenters. The molecule has 5 aliphatic rings. The average molecular weight is 1250 g/mol. The molecule has 0 aromatic heterocycles. The summed E-state index contributed by atoms with van der Waals surface area (Å²) in [6, 6.07) is -6.38. The van der Waals surface area contributed by atoms with Crippen molar-refractivity contribution in [2.45, 2.75) is 153 Å². The Balaban J connectivity index is 1.52. The van der Waals surface area contributed by atoms with Gasteiger partial charge < -0.3 is 110 Å². The lowest BCUT2D eigenvalue weighted by Gasteiger charge is -2.50. The highest BCUT2D eigenvalue weighted by atomic mass is 32.3. The fraction of sp³-hybridized carbons (Fsp3) is 0.933. The first-order valence-electron chi connectivity index (χ1n) is 21.1. The molecule has 5 heterocycles. The highest BCUT2D eigenvalue weighted by Crippen LogP contribution is 2.38. The Morgan fingerprint density at radius 2 is 0.897 bits per heavy atom. The predicted octanol–water partition coefficient (Wildman–Crippen LogP) is -13.3. The smallest absolute Gasteiger partial charge is 0.449 e. The van der Waals surface area contributed by atoms with Crippen LogP contribution in [0.1, 0.15) is 0 Å². The molecule has 456 valence electrons. The fourth-order valence-corrected chi connectivity index (χ4v) is 9.91. The van der Waals surface area contributed by atoms with E-state index >= 15 is 0 Å². The van der Waals surface area contributed by atoms with Gasteiger partial charge in [-0.05, 0) is 0 Å². The van der Waals surface area contributed by atoms with Crippen molar-refractivity contribution < 1.29 is 184 Å². The molecule has 0 aromatic rings. The van der Waals surface area contributed by atoms with Crippen LogP contribution in [0, 0.1) is 0 Å². The second kappa shape index (κ2) is 25.6. The number of carbonyl (C=O) groups is 2. The van der Waals surface area contributed by atoms with Gasteiger partial charge in [0.05, 0.1) is 37.9 Å². The Kier molecular flexibility index (Phi) is 21.7. The van der Waals surface area contributed by atoms with E-state index < -0.39 is 237 Å². The highest BCUT2D eigenvalue weighted by Gasteiger charge is 2.60. The van der Waals surface area contributed by atoms with Crippen molar-refractivity contribution in [3.63, 3.8) is 0 Å². The highest BCUT2D eigenvalue weighted by molar-refractivity contribution is 7.82. The van der Waals surface area contributed by atoms with E-state index in [2.05, 4.69) is 20.9 Å². The number of aliphatic carboxylic acids is 1. The molecule has 0 bridgehead atoms. The van der Waals surface area contributed by atoms with Crippen LogP contribution in [0.5, 0.6) is 0 Å². The van der Waals surface area contributed by atoms with Crippen molar-refractivity contribution in [1.29, 1.82) is 0 Å². The van der Waals surface area contributed by atoms with Crippen LogP contribution in [0.4, 0.5) is 0 Å². The summed E-state index contributed by atoms with van der Waals surface area (Å²) < 4.78 is 235. The van der Waals surface area contributed by atoms with Gasteiger partial charge in [0.15, 0.2) is 49.8 Å². The first-order chi connectivity index (χ1) is 35.6. The number of hydrogen-bond acceptors (Lipinski definition) is 37. The molecule has 43 nitrogen and oxygen atoms in total. The molecule has 5 saturated heterocycles. The maximum atomic E-state index is 13.4. The van der Waals surface area contributed by atoms with Crippen molar-refractivity contribution in [3.8, 4) is 0 Å². The number of ether oxygens (including phenoxy) is 9. The van der Waals surface area contributed by atoms with Crippen LogP contribution >= 0.6 is 0 Å². The van der Waals surface area contributed by atoms with E-state index in [9.17, 15) is 116 Å². The molecule has 25 atom stereocenters. The van der Waals surface area contributed by atoms with Crippen LogP contribution in [0.3, 0.4) is 0 Å². The Hall–Kier alpha value is -2.47. The second-order valence-electron chi connectivity index (χ2n) is 16.8. The summed E-state index contributed by atoms with van der Waals surface area (Å²) >= 11 is 0. The molecule has 0 aliphatic carbocycles. The minimum Gasteiger partial charge on any atom is -0.479 e. The zero-order chi connectivity index (χ0) is 59.1. The molecule has 5 aliphatic heterocycles. The van der Waals surface area contributed by atoms with Crippen LogP contribution in [-0.2, 0) is 125 Å². The number of carboxylic acid groups (broad SMARTS) is 1.